The first-order chi connectivity index (χ1) is 11.6. The predicted octanol–water partition coefficient (Wildman–Crippen LogP) is 3.41. The summed E-state index contributed by atoms with van der Waals surface area (Å²) in [6.07, 6.45) is 1.08. The van der Waals surface area contributed by atoms with Gasteiger partial charge in [-0.1, -0.05) is 18.5 Å². The van der Waals surface area contributed by atoms with Gasteiger partial charge in [0, 0.05) is 18.1 Å². The minimum atomic E-state index is -0.0824. The molecule has 0 atom stereocenters. The van der Waals surface area contributed by atoms with Gasteiger partial charge in [0.25, 0.3) is 5.91 Å². The van der Waals surface area contributed by atoms with E-state index in [9.17, 15) is 4.79 Å². The third-order valence-corrected chi connectivity index (χ3v) is 4.62. The second-order valence-corrected chi connectivity index (χ2v) is 6.79. The van der Waals surface area contributed by atoms with E-state index in [0.717, 1.165) is 36.0 Å². The van der Waals surface area contributed by atoms with Crippen LogP contribution in [0.4, 0.5) is 0 Å². The number of rotatable bonds is 9. The lowest BCUT2D eigenvalue weighted by Gasteiger charge is -2.05. The Morgan fingerprint density at radius 2 is 2.00 bits per heavy atom. The van der Waals surface area contributed by atoms with Gasteiger partial charge in [-0.25, -0.2) is 4.98 Å². The standard InChI is InChI=1S/C17H22ClN3O2S/c1-3-8-19-9-10-20-17(22)16-12(2)21-15(24-16)11-23-14-6-4-13(18)5-7-14/h4-7,19H,3,8-11H2,1-2H3,(H,20,22). The van der Waals surface area contributed by atoms with Crippen molar-refractivity contribution in [1.29, 1.82) is 0 Å². The highest BCUT2D eigenvalue weighted by atomic mass is 35.5. The van der Waals surface area contributed by atoms with Crippen LogP contribution in [0.2, 0.25) is 5.02 Å². The third-order valence-electron chi connectivity index (χ3n) is 3.24. The first-order valence-electron chi connectivity index (χ1n) is 7.93. The van der Waals surface area contributed by atoms with Crippen LogP contribution in [0.3, 0.4) is 0 Å². The number of hydrogen-bond acceptors (Lipinski definition) is 5. The summed E-state index contributed by atoms with van der Waals surface area (Å²) in [6.45, 7) is 6.61. The van der Waals surface area contributed by atoms with Crippen molar-refractivity contribution in [2.45, 2.75) is 26.9 Å². The molecule has 0 bridgehead atoms. The number of nitrogens with zero attached hydrogens (tertiary/aromatic N) is 1. The molecule has 130 valence electrons. The van der Waals surface area contributed by atoms with Crippen LogP contribution in [0.5, 0.6) is 5.75 Å². The third kappa shape index (κ3) is 5.78. The number of nitrogens with one attached hydrogen (secondary N) is 2. The zero-order valence-corrected chi connectivity index (χ0v) is 15.5. The minimum absolute atomic E-state index is 0.0824. The predicted molar refractivity (Wildman–Crippen MR) is 98.1 cm³/mol. The number of carbonyl (C=O) groups excluding carboxylic acids is 1. The number of benzene rings is 1. The average Bonchev–Trinajstić information content (AvgIpc) is 2.95. The number of aromatic nitrogens is 1. The maximum atomic E-state index is 12.2. The lowest BCUT2D eigenvalue weighted by Crippen LogP contribution is -2.32. The van der Waals surface area contributed by atoms with Crippen LogP contribution in [0.1, 0.15) is 33.7 Å². The van der Waals surface area contributed by atoms with Crippen molar-refractivity contribution >= 4 is 28.8 Å². The molecule has 2 rings (SSSR count). The molecule has 2 aromatic rings. The van der Waals surface area contributed by atoms with E-state index < -0.39 is 0 Å². The number of aryl methyl sites for hydroxylation is 1. The van der Waals surface area contributed by atoms with E-state index >= 15 is 0 Å². The summed E-state index contributed by atoms with van der Waals surface area (Å²) < 4.78 is 5.67. The molecule has 1 aromatic heterocycles. The van der Waals surface area contributed by atoms with Crippen molar-refractivity contribution in [2.75, 3.05) is 19.6 Å². The summed E-state index contributed by atoms with van der Waals surface area (Å²) in [5.41, 5.74) is 0.730. The van der Waals surface area contributed by atoms with Gasteiger partial charge in [0.15, 0.2) is 0 Å². The molecule has 0 aliphatic rings. The zero-order valence-electron chi connectivity index (χ0n) is 13.9. The first-order valence-corrected chi connectivity index (χ1v) is 9.13. The van der Waals surface area contributed by atoms with Crippen LogP contribution in [0, 0.1) is 6.92 Å². The smallest absolute Gasteiger partial charge is 0.263 e. The number of carbonyl (C=O) groups is 1. The average molecular weight is 368 g/mol. The molecule has 7 heteroatoms. The highest BCUT2D eigenvalue weighted by Gasteiger charge is 2.15. The maximum absolute atomic E-state index is 12.2. The number of thiazole rings is 1. The number of hydrogen-bond donors (Lipinski definition) is 2. The van der Waals surface area contributed by atoms with Crippen LogP contribution in [0.15, 0.2) is 24.3 Å². The maximum Gasteiger partial charge on any atom is 0.263 e. The van der Waals surface area contributed by atoms with Crippen molar-refractivity contribution in [2.24, 2.45) is 0 Å². The van der Waals surface area contributed by atoms with Gasteiger partial charge in [0.05, 0.1) is 5.69 Å². The highest BCUT2D eigenvalue weighted by Crippen LogP contribution is 2.21. The summed E-state index contributed by atoms with van der Waals surface area (Å²) in [4.78, 5) is 17.3. The fourth-order valence-corrected chi connectivity index (χ4v) is 3.07. The Morgan fingerprint density at radius 3 is 2.71 bits per heavy atom. The van der Waals surface area contributed by atoms with E-state index in [1.807, 2.05) is 6.92 Å². The van der Waals surface area contributed by atoms with Crippen LogP contribution in [0.25, 0.3) is 0 Å². The Bertz CT molecular complexity index is 658. The lowest BCUT2D eigenvalue weighted by molar-refractivity contribution is 0.0957. The van der Waals surface area contributed by atoms with E-state index in [4.69, 9.17) is 16.3 Å². The van der Waals surface area contributed by atoms with Crippen molar-refractivity contribution in [1.82, 2.24) is 15.6 Å². The van der Waals surface area contributed by atoms with Crippen molar-refractivity contribution in [3.8, 4) is 5.75 Å². The molecule has 0 fully saturated rings. The van der Waals surface area contributed by atoms with Crippen LogP contribution >= 0.6 is 22.9 Å². The Balaban J connectivity index is 1.84. The normalized spacial score (nSPS) is 10.6. The fraction of sp³-hybridized carbons (Fsp3) is 0.412. The molecule has 1 amide bonds. The fourth-order valence-electron chi connectivity index (χ4n) is 2.05. The van der Waals surface area contributed by atoms with Crippen molar-refractivity contribution < 1.29 is 9.53 Å². The molecule has 24 heavy (non-hydrogen) atoms. The monoisotopic (exact) mass is 367 g/mol. The van der Waals surface area contributed by atoms with E-state index in [-0.39, 0.29) is 5.91 Å². The molecule has 0 radical (unpaired) electrons. The molecule has 0 aliphatic heterocycles. The lowest BCUT2D eigenvalue weighted by atomic mass is 10.3. The topological polar surface area (TPSA) is 63.2 Å². The van der Waals surface area contributed by atoms with E-state index in [1.165, 1.54) is 11.3 Å². The molecule has 0 aliphatic carbocycles. The Morgan fingerprint density at radius 1 is 1.25 bits per heavy atom. The highest BCUT2D eigenvalue weighted by molar-refractivity contribution is 7.13. The van der Waals surface area contributed by atoms with Gasteiger partial charge in [-0.3, -0.25) is 4.79 Å². The summed E-state index contributed by atoms with van der Waals surface area (Å²) >= 11 is 7.21. The van der Waals surface area contributed by atoms with Gasteiger partial charge in [0.1, 0.15) is 22.2 Å². The summed E-state index contributed by atoms with van der Waals surface area (Å²) in [5.74, 6) is 0.640. The largest absolute Gasteiger partial charge is 0.486 e. The summed E-state index contributed by atoms with van der Waals surface area (Å²) in [6, 6.07) is 7.16. The van der Waals surface area contributed by atoms with Crippen molar-refractivity contribution in [3.05, 3.63) is 44.9 Å². The molecule has 0 spiro atoms. The van der Waals surface area contributed by atoms with Crippen molar-refractivity contribution in [3.63, 3.8) is 0 Å². The number of ether oxygens (including phenoxy) is 1. The van der Waals surface area contributed by atoms with Gasteiger partial charge >= 0.3 is 0 Å². The first kappa shape index (κ1) is 18.7. The van der Waals surface area contributed by atoms with Gasteiger partial charge < -0.3 is 15.4 Å². The van der Waals surface area contributed by atoms with E-state index in [0.29, 0.717) is 23.1 Å². The van der Waals surface area contributed by atoms with E-state index in [2.05, 4.69) is 22.5 Å². The molecule has 2 N–H and O–H groups in total. The summed E-state index contributed by atoms with van der Waals surface area (Å²) in [5, 5.41) is 7.59. The second-order valence-electron chi connectivity index (χ2n) is 5.27. The molecule has 0 saturated heterocycles. The molecule has 1 aromatic carbocycles. The number of halogens is 1. The molecule has 0 unspecified atom stereocenters. The minimum Gasteiger partial charge on any atom is -0.486 e. The van der Waals surface area contributed by atoms with Gasteiger partial charge in [0.2, 0.25) is 0 Å². The Kier molecular flexibility index (Phi) is 7.49. The van der Waals surface area contributed by atoms with Gasteiger partial charge in [-0.2, -0.15) is 0 Å². The molecular weight excluding hydrogens is 346 g/mol. The quantitative estimate of drug-likeness (QED) is 0.666. The Labute approximate surface area is 151 Å². The Hall–Kier alpha value is -1.63. The summed E-state index contributed by atoms with van der Waals surface area (Å²) in [7, 11) is 0. The van der Waals surface area contributed by atoms with Crippen LogP contribution in [-0.2, 0) is 6.61 Å². The SMILES string of the molecule is CCCNCCNC(=O)c1sc(COc2ccc(Cl)cc2)nc1C. The van der Waals surface area contributed by atoms with Gasteiger partial charge in [-0.15, -0.1) is 11.3 Å². The second kappa shape index (κ2) is 9.61. The van der Waals surface area contributed by atoms with Crippen LogP contribution < -0.4 is 15.4 Å². The molecule has 0 saturated carbocycles. The number of amides is 1. The molecule has 1 heterocycles. The van der Waals surface area contributed by atoms with E-state index in [1.54, 1.807) is 24.3 Å². The molecular formula is C17H22ClN3O2S. The van der Waals surface area contributed by atoms with Crippen LogP contribution in [-0.4, -0.2) is 30.5 Å². The zero-order chi connectivity index (χ0) is 17.4. The molecule has 5 nitrogen and oxygen atoms in total. The van der Waals surface area contributed by atoms with Gasteiger partial charge in [-0.05, 0) is 44.2 Å².